The molecule has 0 unspecified atom stereocenters. The van der Waals surface area contributed by atoms with Crippen LogP contribution >= 0.6 is 0 Å². The molecule has 2 heterocycles. The van der Waals surface area contributed by atoms with E-state index in [-0.39, 0.29) is 18.4 Å². The topological polar surface area (TPSA) is 43.9 Å². The molecule has 2 rings (SSSR count). The van der Waals surface area contributed by atoms with Crippen LogP contribution in [0.4, 0.5) is 0 Å². The number of piperazine rings is 1. The van der Waals surface area contributed by atoms with Gasteiger partial charge in [-0.25, -0.2) is 0 Å². The third-order valence-electron chi connectivity index (χ3n) is 3.89. The number of carbonyl (C=O) groups excluding carboxylic acids is 2. The first-order valence-corrected chi connectivity index (χ1v) is 6.87. The highest BCUT2D eigenvalue weighted by Gasteiger charge is 2.27. The predicted octanol–water partition coefficient (Wildman–Crippen LogP) is 0.161. The van der Waals surface area contributed by atoms with Gasteiger partial charge < -0.3 is 9.80 Å². The Morgan fingerprint density at radius 2 is 1.83 bits per heavy atom. The van der Waals surface area contributed by atoms with E-state index in [0.29, 0.717) is 12.5 Å². The maximum Gasteiger partial charge on any atom is 0.242 e. The van der Waals surface area contributed by atoms with Crippen LogP contribution in [0.25, 0.3) is 0 Å². The minimum absolute atomic E-state index is 0.105. The van der Waals surface area contributed by atoms with Crippen LogP contribution in [0.3, 0.4) is 0 Å². The van der Waals surface area contributed by atoms with Crippen LogP contribution in [-0.4, -0.2) is 71.8 Å². The summed E-state index contributed by atoms with van der Waals surface area (Å²) in [5.41, 5.74) is 0. The van der Waals surface area contributed by atoms with Crippen molar-refractivity contribution in [2.24, 2.45) is 0 Å². The van der Waals surface area contributed by atoms with Crippen molar-refractivity contribution in [2.75, 3.05) is 39.3 Å². The summed E-state index contributed by atoms with van der Waals surface area (Å²) in [6.07, 6.45) is 1.50. The minimum Gasteiger partial charge on any atom is -0.339 e. The molecule has 0 spiro atoms. The van der Waals surface area contributed by atoms with Crippen LogP contribution < -0.4 is 0 Å². The predicted molar refractivity (Wildman–Crippen MR) is 69.1 cm³/mol. The maximum absolute atomic E-state index is 12.1. The molecule has 0 bridgehead atoms. The number of nitrogens with zero attached hydrogens (tertiary/aromatic N) is 3. The average Bonchev–Trinajstić information content (AvgIpc) is 2.75. The molecule has 0 aromatic heterocycles. The van der Waals surface area contributed by atoms with Gasteiger partial charge in [0.05, 0.1) is 6.54 Å². The second-order valence-corrected chi connectivity index (χ2v) is 5.43. The molecule has 2 saturated heterocycles. The van der Waals surface area contributed by atoms with Gasteiger partial charge in [-0.2, -0.15) is 0 Å². The fourth-order valence-electron chi connectivity index (χ4n) is 2.62. The highest BCUT2D eigenvalue weighted by molar-refractivity contribution is 5.85. The van der Waals surface area contributed by atoms with Gasteiger partial charge >= 0.3 is 0 Å². The summed E-state index contributed by atoms with van der Waals surface area (Å²) >= 11 is 0. The Hall–Kier alpha value is -1.10. The quantitative estimate of drug-likeness (QED) is 0.720. The van der Waals surface area contributed by atoms with E-state index < -0.39 is 0 Å². The van der Waals surface area contributed by atoms with Crippen molar-refractivity contribution in [3.05, 3.63) is 0 Å². The fourth-order valence-corrected chi connectivity index (χ4v) is 2.62. The lowest BCUT2D eigenvalue weighted by Gasteiger charge is -2.37. The Bertz CT molecular complexity index is 322. The summed E-state index contributed by atoms with van der Waals surface area (Å²) in [5.74, 6) is 0.234. The molecule has 0 radical (unpaired) electrons. The van der Waals surface area contributed by atoms with E-state index in [0.717, 1.165) is 39.1 Å². The Kier molecular flexibility index (Phi) is 4.22. The summed E-state index contributed by atoms with van der Waals surface area (Å²) in [6.45, 7) is 8.85. The van der Waals surface area contributed by atoms with Crippen molar-refractivity contribution in [1.29, 1.82) is 0 Å². The Labute approximate surface area is 109 Å². The first kappa shape index (κ1) is 13.3. The van der Waals surface area contributed by atoms with Gasteiger partial charge in [0.2, 0.25) is 11.8 Å². The molecule has 2 amide bonds. The summed E-state index contributed by atoms with van der Waals surface area (Å²) in [4.78, 5) is 29.5. The molecule has 0 aromatic carbocycles. The Morgan fingerprint density at radius 3 is 2.33 bits per heavy atom. The molecule has 0 atom stereocenters. The van der Waals surface area contributed by atoms with Crippen molar-refractivity contribution in [1.82, 2.24) is 14.7 Å². The van der Waals surface area contributed by atoms with E-state index in [1.807, 2.05) is 4.90 Å². The van der Waals surface area contributed by atoms with E-state index >= 15 is 0 Å². The van der Waals surface area contributed by atoms with Crippen LogP contribution in [0.5, 0.6) is 0 Å². The average molecular weight is 253 g/mol. The Morgan fingerprint density at radius 1 is 1.17 bits per heavy atom. The number of amides is 2. The first-order chi connectivity index (χ1) is 8.58. The normalized spacial score (nSPS) is 22.1. The largest absolute Gasteiger partial charge is 0.339 e. The lowest BCUT2D eigenvalue weighted by Crippen LogP contribution is -2.52. The standard InChI is InChI=1S/C13H23N3O2/c1-11(2)14-6-8-15(9-7-14)13(18)10-16-5-3-4-12(16)17/h11H,3-10H2,1-2H3. The highest BCUT2D eigenvalue weighted by atomic mass is 16.2. The minimum atomic E-state index is 0.105. The van der Waals surface area contributed by atoms with Gasteiger partial charge in [0.15, 0.2) is 0 Å². The zero-order valence-corrected chi connectivity index (χ0v) is 11.4. The number of hydrogen-bond acceptors (Lipinski definition) is 3. The van der Waals surface area contributed by atoms with E-state index in [9.17, 15) is 9.59 Å². The second-order valence-electron chi connectivity index (χ2n) is 5.43. The van der Waals surface area contributed by atoms with Gasteiger partial charge in [-0.05, 0) is 20.3 Å². The molecule has 0 aromatic rings. The summed E-state index contributed by atoms with van der Waals surface area (Å²) in [7, 11) is 0. The Balaban J connectivity index is 1.79. The van der Waals surface area contributed by atoms with Gasteiger partial charge in [0.25, 0.3) is 0 Å². The molecule has 18 heavy (non-hydrogen) atoms. The van der Waals surface area contributed by atoms with Crippen LogP contribution in [0, 0.1) is 0 Å². The molecule has 0 saturated carbocycles. The molecule has 102 valence electrons. The zero-order chi connectivity index (χ0) is 13.1. The van der Waals surface area contributed by atoms with E-state index in [1.165, 1.54) is 0 Å². The van der Waals surface area contributed by atoms with Crippen molar-refractivity contribution in [2.45, 2.75) is 32.7 Å². The van der Waals surface area contributed by atoms with Crippen LogP contribution in [-0.2, 0) is 9.59 Å². The zero-order valence-electron chi connectivity index (χ0n) is 11.4. The number of carbonyl (C=O) groups is 2. The fraction of sp³-hybridized carbons (Fsp3) is 0.846. The van der Waals surface area contributed by atoms with Crippen LogP contribution in [0.1, 0.15) is 26.7 Å². The van der Waals surface area contributed by atoms with Gasteiger partial charge in [0, 0.05) is 45.2 Å². The molecule has 2 fully saturated rings. The van der Waals surface area contributed by atoms with Crippen molar-refractivity contribution >= 4 is 11.8 Å². The smallest absolute Gasteiger partial charge is 0.242 e. The molecule has 2 aliphatic rings. The van der Waals surface area contributed by atoms with Crippen molar-refractivity contribution < 1.29 is 9.59 Å². The summed E-state index contributed by atoms with van der Waals surface area (Å²) < 4.78 is 0. The summed E-state index contributed by atoms with van der Waals surface area (Å²) in [5, 5.41) is 0. The van der Waals surface area contributed by atoms with Crippen LogP contribution in [0.2, 0.25) is 0 Å². The van der Waals surface area contributed by atoms with Gasteiger partial charge in [-0.15, -0.1) is 0 Å². The van der Waals surface area contributed by atoms with Crippen molar-refractivity contribution in [3.63, 3.8) is 0 Å². The maximum atomic E-state index is 12.1. The van der Waals surface area contributed by atoms with Gasteiger partial charge in [-0.1, -0.05) is 0 Å². The van der Waals surface area contributed by atoms with Gasteiger partial charge in [-0.3, -0.25) is 14.5 Å². The molecule has 2 aliphatic heterocycles. The van der Waals surface area contributed by atoms with Gasteiger partial charge in [0.1, 0.15) is 0 Å². The highest BCUT2D eigenvalue weighted by Crippen LogP contribution is 2.11. The molecule has 5 heteroatoms. The third-order valence-corrected chi connectivity index (χ3v) is 3.89. The lowest BCUT2D eigenvalue weighted by molar-refractivity contribution is -0.139. The SMILES string of the molecule is CC(C)N1CCN(C(=O)CN2CCCC2=O)CC1. The van der Waals surface area contributed by atoms with Crippen LogP contribution in [0.15, 0.2) is 0 Å². The number of hydrogen-bond donors (Lipinski definition) is 0. The lowest BCUT2D eigenvalue weighted by atomic mass is 10.2. The van der Waals surface area contributed by atoms with E-state index in [2.05, 4.69) is 18.7 Å². The van der Waals surface area contributed by atoms with E-state index in [4.69, 9.17) is 0 Å². The third kappa shape index (κ3) is 3.02. The molecule has 5 nitrogen and oxygen atoms in total. The van der Waals surface area contributed by atoms with E-state index in [1.54, 1.807) is 4.90 Å². The number of likely N-dealkylation sites (tertiary alicyclic amines) is 1. The monoisotopic (exact) mass is 253 g/mol. The first-order valence-electron chi connectivity index (χ1n) is 6.87. The molecule has 0 N–H and O–H groups in total. The van der Waals surface area contributed by atoms with Crippen molar-refractivity contribution in [3.8, 4) is 0 Å². The number of rotatable bonds is 3. The summed E-state index contributed by atoms with van der Waals surface area (Å²) in [6, 6.07) is 0.544. The second kappa shape index (κ2) is 5.69. The molecular formula is C13H23N3O2. The molecule has 0 aliphatic carbocycles. The molecular weight excluding hydrogens is 230 g/mol.